The van der Waals surface area contributed by atoms with Gasteiger partial charge in [0.1, 0.15) is 0 Å². The summed E-state index contributed by atoms with van der Waals surface area (Å²) in [5.74, 6) is -0.220. The van der Waals surface area contributed by atoms with Gasteiger partial charge in [0.05, 0.1) is 5.25 Å². The predicted octanol–water partition coefficient (Wildman–Crippen LogP) is 3.10. The van der Waals surface area contributed by atoms with Crippen LogP contribution in [0.3, 0.4) is 0 Å². The van der Waals surface area contributed by atoms with Crippen LogP contribution in [0.2, 0.25) is 0 Å². The molecular formula is C18H25NO3S. The predicted molar refractivity (Wildman–Crippen MR) is 90.8 cm³/mol. The molecule has 4 nitrogen and oxygen atoms in total. The second-order valence-electron chi connectivity index (χ2n) is 6.67. The molecule has 0 aromatic heterocycles. The number of amides is 1. The summed E-state index contributed by atoms with van der Waals surface area (Å²) in [5, 5.41) is -1.38. The largest absolute Gasteiger partial charge is 0.341 e. The maximum absolute atomic E-state index is 13.2. The van der Waals surface area contributed by atoms with Crippen LogP contribution in [-0.2, 0) is 14.6 Å². The molecule has 5 heteroatoms. The topological polar surface area (TPSA) is 54.5 Å². The van der Waals surface area contributed by atoms with Crippen LogP contribution >= 0.6 is 0 Å². The number of piperidine rings is 1. The first kappa shape index (κ1) is 16.5. The molecule has 1 atom stereocenters. The van der Waals surface area contributed by atoms with Crippen molar-refractivity contribution in [1.82, 2.24) is 4.90 Å². The smallest absolute Gasteiger partial charge is 0.245 e. The van der Waals surface area contributed by atoms with Crippen molar-refractivity contribution in [2.45, 2.75) is 55.4 Å². The number of likely N-dealkylation sites (tertiary alicyclic amines) is 1. The van der Waals surface area contributed by atoms with Crippen molar-refractivity contribution in [3.05, 3.63) is 35.9 Å². The molecule has 0 bridgehead atoms. The van der Waals surface area contributed by atoms with E-state index in [1.807, 2.05) is 18.2 Å². The minimum Gasteiger partial charge on any atom is -0.341 e. The van der Waals surface area contributed by atoms with Crippen LogP contribution in [-0.4, -0.2) is 37.6 Å². The van der Waals surface area contributed by atoms with Crippen LogP contribution in [0.5, 0.6) is 0 Å². The summed E-state index contributed by atoms with van der Waals surface area (Å²) >= 11 is 0. The number of hydrogen-bond donors (Lipinski definition) is 0. The minimum absolute atomic E-state index is 0.220. The third kappa shape index (κ3) is 3.44. The van der Waals surface area contributed by atoms with Gasteiger partial charge in [0, 0.05) is 13.1 Å². The molecule has 0 radical (unpaired) electrons. The molecular weight excluding hydrogens is 310 g/mol. The van der Waals surface area contributed by atoms with E-state index in [9.17, 15) is 13.2 Å². The fourth-order valence-corrected chi connectivity index (χ4v) is 6.13. The lowest BCUT2D eigenvalue weighted by Crippen LogP contribution is -2.43. The second-order valence-corrected chi connectivity index (χ2v) is 8.99. The molecule has 126 valence electrons. The van der Waals surface area contributed by atoms with Gasteiger partial charge in [0.2, 0.25) is 5.91 Å². The Kier molecular flexibility index (Phi) is 5.05. The van der Waals surface area contributed by atoms with Gasteiger partial charge in [-0.2, -0.15) is 0 Å². The zero-order valence-corrected chi connectivity index (χ0v) is 14.3. The number of benzene rings is 1. The first-order valence-corrected chi connectivity index (χ1v) is 10.3. The quantitative estimate of drug-likeness (QED) is 0.849. The van der Waals surface area contributed by atoms with Crippen molar-refractivity contribution >= 4 is 15.7 Å². The zero-order chi connectivity index (χ0) is 16.3. The average molecular weight is 335 g/mol. The van der Waals surface area contributed by atoms with Crippen LogP contribution in [0.15, 0.2) is 30.3 Å². The Morgan fingerprint density at radius 3 is 2.17 bits per heavy atom. The number of nitrogens with zero attached hydrogens (tertiary/aromatic N) is 1. The van der Waals surface area contributed by atoms with Gasteiger partial charge in [0.15, 0.2) is 15.1 Å². The summed E-state index contributed by atoms with van der Waals surface area (Å²) in [6.07, 6.45) is 6.34. The molecule has 1 amide bonds. The van der Waals surface area contributed by atoms with Crippen molar-refractivity contribution < 1.29 is 13.2 Å². The van der Waals surface area contributed by atoms with Crippen LogP contribution < -0.4 is 0 Å². The normalized spacial score (nSPS) is 21.3. The molecule has 0 unspecified atom stereocenters. The number of hydrogen-bond acceptors (Lipinski definition) is 3. The Labute approximate surface area is 138 Å². The Bertz CT molecular complexity index is 629. The Morgan fingerprint density at radius 2 is 1.57 bits per heavy atom. The van der Waals surface area contributed by atoms with Gasteiger partial charge in [-0.3, -0.25) is 4.79 Å². The van der Waals surface area contributed by atoms with E-state index >= 15 is 0 Å². The lowest BCUT2D eigenvalue weighted by molar-refractivity contribution is -0.131. The second kappa shape index (κ2) is 7.04. The Balaban J connectivity index is 1.95. The van der Waals surface area contributed by atoms with E-state index in [0.717, 1.165) is 32.1 Å². The van der Waals surface area contributed by atoms with Crippen LogP contribution in [0, 0.1) is 0 Å². The SMILES string of the molecule is O=C([C@@H](c1ccccc1)S(=O)(=O)C1CCCC1)N1CCCCC1. The van der Waals surface area contributed by atoms with Crippen molar-refractivity contribution in [2.24, 2.45) is 0 Å². The van der Waals surface area contributed by atoms with Crippen LogP contribution in [0.4, 0.5) is 0 Å². The lowest BCUT2D eigenvalue weighted by atomic mass is 10.1. The molecule has 0 spiro atoms. The van der Waals surface area contributed by atoms with E-state index in [4.69, 9.17) is 0 Å². The van der Waals surface area contributed by atoms with E-state index in [1.54, 1.807) is 17.0 Å². The molecule has 3 rings (SSSR count). The summed E-state index contributed by atoms with van der Waals surface area (Å²) in [6.45, 7) is 1.37. The highest BCUT2D eigenvalue weighted by molar-refractivity contribution is 7.93. The molecule has 1 heterocycles. The lowest BCUT2D eigenvalue weighted by Gasteiger charge is -2.31. The van der Waals surface area contributed by atoms with Gasteiger partial charge in [-0.05, 0) is 37.7 Å². The van der Waals surface area contributed by atoms with E-state index in [0.29, 0.717) is 31.5 Å². The maximum atomic E-state index is 13.2. The fraction of sp³-hybridized carbons (Fsp3) is 0.611. The molecule has 23 heavy (non-hydrogen) atoms. The van der Waals surface area contributed by atoms with Gasteiger partial charge < -0.3 is 4.90 Å². The number of carbonyl (C=O) groups excluding carboxylic acids is 1. The first-order valence-electron chi connectivity index (χ1n) is 8.67. The minimum atomic E-state index is -3.49. The van der Waals surface area contributed by atoms with Crippen LogP contribution in [0.25, 0.3) is 0 Å². The number of carbonyl (C=O) groups is 1. The first-order chi connectivity index (χ1) is 11.1. The Hall–Kier alpha value is -1.36. The van der Waals surface area contributed by atoms with Crippen molar-refractivity contribution in [2.75, 3.05) is 13.1 Å². The van der Waals surface area contributed by atoms with Crippen molar-refractivity contribution in [3.63, 3.8) is 0 Å². The standard InChI is InChI=1S/C18H25NO3S/c20-18(19-13-7-2-8-14-19)17(15-9-3-1-4-10-15)23(21,22)16-11-5-6-12-16/h1,3-4,9-10,16-17H,2,5-8,11-14H2/t17-/m1/s1. The summed E-state index contributed by atoms with van der Waals surface area (Å²) < 4.78 is 26.3. The summed E-state index contributed by atoms with van der Waals surface area (Å²) in [4.78, 5) is 14.8. The highest BCUT2D eigenvalue weighted by atomic mass is 32.2. The van der Waals surface area contributed by atoms with E-state index < -0.39 is 15.1 Å². The number of sulfone groups is 1. The third-order valence-corrected chi connectivity index (χ3v) is 7.62. The van der Waals surface area contributed by atoms with Gasteiger partial charge in [-0.15, -0.1) is 0 Å². The molecule has 1 aliphatic heterocycles. The van der Waals surface area contributed by atoms with E-state index in [-0.39, 0.29) is 11.2 Å². The average Bonchev–Trinajstić information content (AvgIpc) is 3.12. The molecule has 1 saturated heterocycles. The molecule has 1 saturated carbocycles. The zero-order valence-electron chi connectivity index (χ0n) is 13.5. The fourth-order valence-electron chi connectivity index (χ4n) is 3.79. The Morgan fingerprint density at radius 1 is 0.957 bits per heavy atom. The summed E-state index contributed by atoms with van der Waals surface area (Å²) in [7, 11) is -3.49. The van der Waals surface area contributed by atoms with Gasteiger partial charge in [-0.1, -0.05) is 43.2 Å². The summed E-state index contributed by atoms with van der Waals surface area (Å²) in [6, 6.07) is 9.04. The van der Waals surface area contributed by atoms with Gasteiger partial charge in [0.25, 0.3) is 0 Å². The van der Waals surface area contributed by atoms with Crippen LogP contribution in [0.1, 0.15) is 55.8 Å². The highest BCUT2D eigenvalue weighted by Gasteiger charge is 2.42. The van der Waals surface area contributed by atoms with Gasteiger partial charge in [-0.25, -0.2) is 8.42 Å². The molecule has 1 aromatic rings. The molecule has 0 N–H and O–H groups in total. The molecule has 1 aromatic carbocycles. The molecule has 2 aliphatic rings. The van der Waals surface area contributed by atoms with E-state index in [1.165, 1.54) is 0 Å². The molecule has 1 aliphatic carbocycles. The highest BCUT2D eigenvalue weighted by Crippen LogP contribution is 2.35. The monoisotopic (exact) mass is 335 g/mol. The molecule has 2 fully saturated rings. The summed E-state index contributed by atoms with van der Waals surface area (Å²) in [5.41, 5.74) is 0.620. The van der Waals surface area contributed by atoms with Crippen molar-refractivity contribution in [3.8, 4) is 0 Å². The third-order valence-electron chi connectivity index (χ3n) is 5.09. The maximum Gasteiger partial charge on any atom is 0.245 e. The number of rotatable bonds is 4. The van der Waals surface area contributed by atoms with E-state index in [2.05, 4.69) is 0 Å². The van der Waals surface area contributed by atoms with Crippen molar-refractivity contribution in [1.29, 1.82) is 0 Å². The van der Waals surface area contributed by atoms with Gasteiger partial charge >= 0.3 is 0 Å².